The van der Waals surface area contributed by atoms with Crippen LogP contribution in [0.5, 0.6) is 0 Å². The summed E-state index contributed by atoms with van der Waals surface area (Å²) in [4.78, 5) is 0. The summed E-state index contributed by atoms with van der Waals surface area (Å²) < 4.78 is 6.02. The van der Waals surface area contributed by atoms with Crippen molar-refractivity contribution in [3.05, 3.63) is 0 Å². The minimum atomic E-state index is 0.568. The largest absolute Gasteiger partial charge is 0.375 e. The van der Waals surface area contributed by atoms with E-state index in [2.05, 4.69) is 26.1 Å². The molecule has 2 heterocycles. The van der Waals surface area contributed by atoms with Gasteiger partial charge < -0.3 is 10.1 Å². The smallest absolute Gasteiger partial charge is 0.0623 e. The first-order chi connectivity index (χ1) is 8.24. The molecule has 2 fully saturated rings. The van der Waals surface area contributed by atoms with Crippen molar-refractivity contribution in [2.45, 2.75) is 77.5 Å². The average molecular weight is 239 g/mol. The van der Waals surface area contributed by atoms with Gasteiger partial charge in [0.2, 0.25) is 0 Å². The van der Waals surface area contributed by atoms with E-state index in [0.29, 0.717) is 18.2 Å². The highest BCUT2D eigenvalue weighted by Crippen LogP contribution is 2.41. The van der Waals surface area contributed by atoms with Crippen molar-refractivity contribution in [3.63, 3.8) is 0 Å². The van der Waals surface area contributed by atoms with Crippen LogP contribution in [0.2, 0.25) is 0 Å². The molecule has 5 unspecified atom stereocenters. The Morgan fingerprint density at radius 2 is 2.12 bits per heavy atom. The van der Waals surface area contributed by atoms with Gasteiger partial charge in [0.05, 0.1) is 12.2 Å². The zero-order valence-corrected chi connectivity index (χ0v) is 11.7. The number of fused-ring (bicyclic) bond motifs is 2. The molecule has 2 aliphatic heterocycles. The standard InChI is InChI=1S/C15H29NO/c1-4-8-16-14(9-11(3)5-2)13-10-12-6-7-15(13)17-12/h11-16H,4-10H2,1-3H3. The second-order valence-electron chi connectivity index (χ2n) is 6.08. The maximum atomic E-state index is 6.02. The number of nitrogens with one attached hydrogen (secondary N) is 1. The molecule has 2 aliphatic rings. The van der Waals surface area contributed by atoms with E-state index >= 15 is 0 Å². The Labute approximate surface area is 107 Å². The van der Waals surface area contributed by atoms with Crippen molar-refractivity contribution in [2.24, 2.45) is 11.8 Å². The Morgan fingerprint density at radius 1 is 1.29 bits per heavy atom. The highest BCUT2D eigenvalue weighted by molar-refractivity contribution is 4.95. The van der Waals surface area contributed by atoms with E-state index in [1.165, 1.54) is 38.5 Å². The average Bonchev–Trinajstić information content (AvgIpc) is 2.96. The lowest BCUT2D eigenvalue weighted by molar-refractivity contribution is 0.0835. The molecule has 2 saturated heterocycles. The van der Waals surface area contributed by atoms with Gasteiger partial charge in [0, 0.05) is 12.0 Å². The SMILES string of the molecule is CCCNC(CC(C)CC)C1CC2CCC1O2. The van der Waals surface area contributed by atoms with Crippen molar-refractivity contribution in [2.75, 3.05) is 6.54 Å². The van der Waals surface area contributed by atoms with Gasteiger partial charge in [-0.1, -0.05) is 27.2 Å². The summed E-state index contributed by atoms with van der Waals surface area (Å²) in [7, 11) is 0. The molecule has 2 bridgehead atoms. The lowest BCUT2D eigenvalue weighted by Gasteiger charge is -2.31. The van der Waals surface area contributed by atoms with Crippen LogP contribution < -0.4 is 5.32 Å². The highest BCUT2D eigenvalue weighted by atomic mass is 16.5. The summed E-state index contributed by atoms with van der Waals surface area (Å²) in [6.45, 7) is 8.10. The van der Waals surface area contributed by atoms with Gasteiger partial charge in [-0.15, -0.1) is 0 Å². The van der Waals surface area contributed by atoms with Crippen molar-refractivity contribution in [3.8, 4) is 0 Å². The summed E-state index contributed by atoms with van der Waals surface area (Å²) in [5.41, 5.74) is 0. The molecular formula is C15H29NO. The minimum Gasteiger partial charge on any atom is -0.375 e. The fourth-order valence-corrected chi connectivity index (χ4v) is 3.44. The fraction of sp³-hybridized carbons (Fsp3) is 1.00. The van der Waals surface area contributed by atoms with Gasteiger partial charge in [0.15, 0.2) is 0 Å². The summed E-state index contributed by atoms with van der Waals surface area (Å²) in [6, 6.07) is 0.695. The van der Waals surface area contributed by atoms with Gasteiger partial charge in [-0.2, -0.15) is 0 Å². The van der Waals surface area contributed by atoms with Crippen molar-refractivity contribution in [1.82, 2.24) is 5.32 Å². The van der Waals surface area contributed by atoms with Gasteiger partial charge in [-0.25, -0.2) is 0 Å². The van der Waals surface area contributed by atoms with Crippen molar-refractivity contribution < 1.29 is 4.74 Å². The molecule has 0 aromatic carbocycles. The van der Waals surface area contributed by atoms with Gasteiger partial charge in [0.25, 0.3) is 0 Å². The number of ether oxygens (including phenoxy) is 1. The normalized spacial score (nSPS) is 35.1. The first kappa shape index (κ1) is 13.4. The molecule has 0 aromatic rings. The molecule has 2 heteroatoms. The molecule has 0 radical (unpaired) electrons. The number of hydrogen-bond acceptors (Lipinski definition) is 2. The first-order valence-corrected chi connectivity index (χ1v) is 7.63. The molecule has 2 rings (SSSR count). The monoisotopic (exact) mass is 239 g/mol. The molecule has 0 amide bonds. The topological polar surface area (TPSA) is 21.3 Å². The predicted octanol–water partition coefficient (Wildman–Crippen LogP) is 3.36. The van der Waals surface area contributed by atoms with E-state index in [4.69, 9.17) is 4.74 Å². The van der Waals surface area contributed by atoms with Gasteiger partial charge in [-0.3, -0.25) is 0 Å². The molecule has 0 aromatic heterocycles. The second kappa shape index (κ2) is 6.19. The molecular weight excluding hydrogens is 210 g/mol. The van der Waals surface area contributed by atoms with Crippen LogP contribution in [0, 0.1) is 11.8 Å². The molecule has 0 saturated carbocycles. The molecule has 5 atom stereocenters. The van der Waals surface area contributed by atoms with E-state index in [-0.39, 0.29) is 0 Å². The third-order valence-electron chi connectivity index (χ3n) is 4.68. The quantitative estimate of drug-likeness (QED) is 0.735. The molecule has 17 heavy (non-hydrogen) atoms. The van der Waals surface area contributed by atoms with Crippen LogP contribution in [0.25, 0.3) is 0 Å². The minimum absolute atomic E-state index is 0.568. The summed E-state index contributed by atoms with van der Waals surface area (Å²) in [5.74, 6) is 1.62. The third-order valence-corrected chi connectivity index (χ3v) is 4.68. The lowest BCUT2D eigenvalue weighted by Crippen LogP contribution is -2.42. The fourth-order valence-electron chi connectivity index (χ4n) is 3.44. The Balaban J connectivity index is 1.89. The Bertz CT molecular complexity index is 231. The molecule has 0 aliphatic carbocycles. The first-order valence-electron chi connectivity index (χ1n) is 7.63. The lowest BCUT2D eigenvalue weighted by atomic mass is 9.80. The molecule has 1 N–H and O–H groups in total. The number of hydrogen-bond donors (Lipinski definition) is 1. The van der Waals surface area contributed by atoms with E-state index in [9.17, 15) is 0 Å². The molecule has 2 nitrogen and oxygen atoms in total. The van der Waals surface area contributed by atoms with Crippen LogP contribution in [0.1, 0.15) is 59.3 Å². The third kappa shape index (κ3) is 3.23. The Hall–Kier alpha value is -0.0800. The van der Waals surface area contributed by atoms with E-state index < -0.39 is 0 Å². The van der Waals surface area contributed by atoms with Crippen LogP contribution >= 0.6 is 0 Å². The highest BCUT2D eigenvalue weighted by Gasteiger charge is 2.44. The predicted molar refractivity (Wildman–Crippen MR) is 72.2 cm³/mol. The van der Waals surface area contributed by atoms with Crippen molar-refractivity contribution >= 4 is 0 Å². The van der Waals surface area contributed by atoms with Gasteiger partial charge in [0.1, 0.15) is 0 Å². The molecule has 0 spiro atoms. The zero-order chi connectivity index (χ0) is 12.3. The Morgan fingerprint density at radius 3 is 2.65 bits per heavy atom. The van der Waals surface area contributed by atoms with Crippen LogP contribution in [-0.2, 0) is 4.74 Å². The summed E-state index contributed by atoms with van der Waals surface area (Å²) in [5, 5.41) is 3.78. The summed E-state index contributed by atoms with van der Waals surface area (Å²) >= 11 is 0. The van der Waals surface area contributed by atoms with Crippen LogP contribution in [0.15, 0.2) is 0 Å². The van der Waals surface area contributed by atoms with Crippen LogP contribution in [0.4, 0.5) is 0 Å². The summed E-state index contributed by atoms with van der Waals surface area (Å²) in [6.07, 6.45) is 8.94. The van der Waals surface area contributed by atoms with E-state index in [1.807, 2.05) is 0 Å². The van der Waals surface area contributed by atoms with Crippen LogP contribution in [-0.4, -0.2) is 24.8 Å². The van der Waals surface area contributed by atoms with Gasteiger partial charge >= 0.3 is 0 Å². The number of rotatable bonds is 7. The maximum absolute atomic E-state index is 6.02. The van der Waals surface area contributed by atoms with E-state index in [1.54, 1.807) is 0 Å². The zero-order valence-electron chi connectivity index (χ0n) is 11.7. The van der Waals surface area contributed by atoms with Gasteiger partial charge in [-0.05, 0) is 44.6 Å². The Kier molecular flexibility index (Phi) is 4.87. The van der Waals surface area contributed by atoms with E-state index in [0.717, 1.165) is 18.4 Å². The van der Waals surface area contributed by atoms with Crippen LogP contribution in [0.3, 0.4) is 0 Å². The second-order valence-corrected chi connectivity index (χ2v) is 6.08. The van der Waals surface area contributed by atoms with Crippen molar-refractivity contribution in [1.29, 1.82) is 0 Å². The maximum Gasteiger partial charge on any atom is 0.0623 e. The molecule has 100 valence electrons.